The first-order chi connectivity index (χ1) is 13.8. The van der Waals surface area contributed by atoms with E-state index >= 15 is 0 Å². The number of hydrogen-bond acceptors (Lipinski definition) is 4. The molecule has 1 aromatic heterocycles. The predicted molar refractivity (Wildman–Crippen MR) is 116 cm³/mol. The second-order valence-corrected chi connectivity index (χ2v) is 6.84. The fourth-order valence-electron chi connectivity index (χ4n) is 2.48. The molecule has 0 aliphatic rings. The van der Waals surface area contributed by atoms with E-state index < -0.39 is 5.97 Å². The van der Waals surface area contributed by atoms with Crippen molar-refractivity contribution in [3.8, 4) is 0 Å². The molecule has 0 aliphatic carbocycles. The highest BCUT2D eigenvalue weighted by Gasteiger charge is 2.19. The summed E-state index contributed by atoms with van der Waals surface area (Å²) >= 11 is 16.6. The van der Waals surface area contributed by atoms with Crippen LogP contribution in [0.5, 0.6) is 0 Å². The Morgan fingerprint density at radius 2 is 1.86 bits per heavy atom. The molecule has 0 bridgehead atoms. The lowest BCUT2D eigenvalue weighted by atomic mass is 10.0. The summed E-state index contributed by atoms with van der Waals surface area (Å²) in [5.74, 6) is -1.35. The van der Waals surface area contributed by atoms with Crippen molar-refractivity contribution in [3.05, 3.63) is 57.3 Å². The molecule has 0 fully saturated rings. The van der Waals surface area contributed by atoms with Crippen LogP contribution in [0.3, 0.4) is 0 Å². The van der Waals surface area contributed by atoms with E-state index in [1.165, 1.54) is 12.1 Å². The number of alkyl halides is 1. The Morgan fingerprint density at radius 3 is 2.38 bits per heavy atom. The van der Waals surface area contributed by atoms with Gasteiger partial charge in [-0.25, -0.2) is 9.78 Å². The van der Waals surface area contributed by atoms with Gasteiger partial charge in [-0.2, -0.15) is 0 Å². The number of pyridine rings is 1. The van der Waals surface area contributed by atoms with Crippen molar-refractivity contribution in [1.82, 2.24) is 4.98 Å². The Balaban J connectivity index is 0.000000326. The number of carbonyl (C=O) groups is 2. The maximum atomic E-state index is 12.0. The maximum absolute atomic E-state index is 12.0. The smallest absolute Gasteiger partial charge is 0.356 e. The Labute approximate surface area is 185 Å². The van der Waals surface area contributed by atoms with E-state index in [2.05, 4.69) is 11.9 Å². The Hall–Kier alpha value is -1.86. The van der Waals surface area contributed by atoms with Gasteiger partial charge in [0.15, 0.2) is 5.69 Å². The lowest BCUT2D eigenvalue weighted by Crippen LogP contribution is -2.35. The molecule has 0 radical (unpaired) electrons. The van der Waals surface area contributed by atoms with Crippen LogP contribution in [0.2, 0.25) is 10.2 Å². The monoisotopic (exact) mass is 460 g/mol. The van der Waals surface area contributed by atoms with Crippen molar-refractivity contribution < 1.29 is 19.4 Å². The van der Waals surface area contributed by atoms with Gasteiger partial charge >= 0.3 is 5.97 Å². The molecule has 29 heavy (non-hydrogen) atoms. The molecule has 2 aromatic rings. The first kappa shape index (κ1) is 25.2. The average molecular weight is 462 g/mol. The zero-order valence-electron chi connectivity index (χ0n) is 16.4. The van der Waals surface area contributed by atoms with Crippen LogP contribution in [0.25, 0.3) is 0 Å². The Bertz CT molecular complexity index is 846. The fourth-order valence-corrected chi connectivity index (χ4v) is 2.95. The summed E-state index contributed by atoms with van der Waals surface area (Å²) in [5, 5.41) is 8.69. The number of hydrogen-bond donors (Lipinski definition) is 1. The van der Waals surface area contributed by atoms with Gasteiger partial charge in [0.2, 0.25) is 5.91 Å². The zero-order chi connectivity index (χ0) is 22.0. The molecule has 1 aromatic carbocycles. The molecule has 0 spiro atoms. The molecular weight excluding hydrogens is 439 g/mol. The van der Waals surface area contributed by atoms with Crippen molar-refractivity contribution in [2.75, 3.05) is 24.1 Å². The second-order valence-electron chi connectivity index (χ2n) is 5.78. The van der Waals surface area contributed by atoms with Crippen molar-refractivity contribution in [1.29, 1.82) is 0 Å². The number of amides is 1. The van der Waals surface area contributed by atoms with Crippen LogP contribution in [0.1, 0.15) is 35.5 Å². The summed E-state index contributed by atoms with van der Waals surface area (Å²) in [6.45, 7) is 6.79. The Morgan fingerprint density at radius 1 is 1.17 bits per heavy atom. The minimum Gasteiger partial charge on any atom is -0.476 e. The first-order valence-corrected chi connectivity index (χ1v) is 10.1. The van der Waals surface area contributed by atoms with Gasteiger partial charge in [0.1, 0.15) is 17.8 Å². The zero-order valence-corrected chi connectivity index (χ0v) is 18.7. The second kappa shape index (κ2) is 12.6. The lowest BCUT2D eigenvalue weighted by Gasteiger charge is -2.25. The van der Waals surface area contributed by atoms with Gasteiger partial charge in [-0.1, -0.05) is 48.3 Å². The van der Waals surface area contributed by atoms with Gasteiger partial charge in [-0.15, -0.1) is 11.6 Å². The summed E-state index contributed by atoms with van der Waals surface area (Å²) in [6, 6.07) is 8.84. The maximum Gasteiger partial charge on any atom is 0.356 e. The SMILES string of the molecule is CCOCN(C(=O)CCl)c1c(C)cccc1CC.O=C(O)c1nc(Cl)ccc1Cl. The van der Waals surface area contributed by atoms with E-state index in [4.69, 9.17) is 44.6 Å². The van der Waals surface area contributed by atoms with E-state index in [9.17, 15) is 9.59 Å². The number of ether oxygens (including phenoxy) is 1. The molecule has 1 amide bonds. The quantitative estimate of drug-likeness (QED) is 0.348. The summed E-state index contributed by atoms with van der Waals surface area (Å²) < 4.78 is 5.37. The number of carboxylic acid groups (broad SMARTS) is 1. The van der Waals surface area contributed by atoms with Gasteiger partial charge in [-0.3, -0.25) is 9.69 Å². The summed E-state index contributed by atoms with van der Waals surface area (Å²) in [6.07, 6.45) is 0.870. The summed E-state index contributed by atoms with van der Waals surface area (Å²) in [7, 11) is 0. The number of carbonyl (C=O) groups excluding carboxylic acids is 1. The van der Waals surface area contributed by atoms with Crippen molar-refractivity contribution >= 4 is 52.4 Å². The molecule has 6 nitrogen and oxygen atoms in total. The number of aromatic nitrogens is 1. The average Bonchev–Trinajstić information content (AvgIpc) is 2.70. The molecule has 0 saturated carbocycles. The number of carboxylic acids is 1. The standard InChI is InChI=1S/C14H20ClNO2.C6H3Cl2NO2/c1-4-12-8-6-7-11(3)14(12)16(10-18-5-2)13(17)9-15;7-3-1-2-4(8)9-5(3)6(10)11/h6-8H,4-5,9-10H2,1-3H3;1-2H,(H,10,11). The van der Waals surface area contributed by atoms with E-state index in [0.717, 1.165) is 23.2 Å². The summed E-state index contributed by atoms with van der Waals surface area (Å²) in [4.78, 5) is 27.5. The third kappa shape index (κ3) is 7.48. The minimum atomic E-state index is -1.18. The number of halogens is 3. The van der Waals surface area contributed by atoms with Gasteiger partial charge in [0.25, 0.3) is 0 Å². The van der Waals surface area contributed by atoms with Crippen LogP contribution in [0.4, 0.5) is 5.69 Å². The lowest BCUT2D eigenvalue weighted by molar-refractivity contribution is -0.117. The molecule has 158 valence electrons. The first-order valence-electron chi connectivity index (χ1n) is 8.84. The highest BCUT2D eigenvalue weighted by atomic mass is 35.5. The number of para-hydroxylation sites is 1. The molecule has 1 N–H and O–H groups in total. The number of anilines is 1. The van der Waals surface area contributed by atoms with Gasteiger partial charge < -0.3 is 9.84 Å². The molecule has 0 atom stereocenters. The predicted octanol–water partition coefficient (Wildman–Crippen LogP) is 5.21. The molecule has 0 aliphatic heterocycles. The summed E-state index contributed by atoms with van der Waals surface area (Å²) in [5.41, 5.74) is 2.90. The van der Waals surface area contributed by atoms with Gasteiger partial charge in [0, 0.05) is 6.61 Å². The van der Waals surface area contributed by atoms with Crippen molar-refractivity contribution in [2.24, 2.45) is 0 Å². The molecule has 0 unspecified atom stereocenters. The fraction of sp³-hybridized carbons (Fsp3) is 0.350. The van der Waals surface area contributed by atoms with Crippen LogP contribution in [-0.2, 0) is 16.0 Å². The van der Waals surface area contributed by atoms with Gasteiger partial charge in [0.05, 0.1) is 10.7 Å². The van der Waals surface area contributed by atoms with E-state index in [0.29, 0.717) is 6.61 Å². The molecule has 0 saturated heterocycles. The minimum absolute atomic E-state index is 0.0371. The van der Waals surface area contributed by atoms with E-state index in [1.807, 2.05) is 32.0 Å². The topological polar surface area (TPSA) is 79.7 Å². The molecule has 1 heterocycles. The number of aryl methyl sites for hydroxylation is 2. The van der Waals surface area contributed by atoms with Crippen LogP contribution in [-0.4, -0.2) is 41.2 Å². The van der Waals surface area contributed by atoms with Crippen molar-refractivity contribution in [2.45, 2.75) is 27.2 Å². The largest absolute Gasteiger partial charge is 0.476 e. The van der Waals surface area contributed by atoms with Crippen LogP contribution >= 0.6 is 34.8 Å². The highest BCUT2D eigenvalue weighted by molar-refractivity contribution is 6.34. The number of rotatable bonds is 7. The van der Waals surface area contributed by atoms with Crippen LogP contribution < -0.4 is 4.90 Å². The number of aromatic carboxylic acids is 1. The van der Waals surface area contributed by atoms with E-state index in [-0.39, 0.29) is 34.4 Å². The number of nitrogens with zero attached hydrogens (tertiary/aromatic N) is 2. The Kier molecular flexibility index (Phi) is 11.0. The molecular formula is C20H23Cl3N2O4. The number of benzene rings is 1. The van der Waals surface area contributed by atoms with Crippen molar-refractivity contribution in [3.63, 3.8) is 0 Å². The van der Waals surface area contributed by atoms with Crippen LogP contribution in [0.15, 0.2) is 30.3 Å². The third-order valence-corrected chi connectivity index (χ3v) is 4.57. The normalized spacial score (nSPS) is 10.1. The van der Waals surface area contributed by atoms with Crippen LogP contribution in [0, 0.1) is 6.92 Å². The molecule has 2 rings (SSSR count). The van der Waals surface area contributed by atoms with Gasteiger partial charge in [-0.05, 0) is 43.5 Å². The highest BCUT2D eigenvalue weighted by Crippen LogP contribution is 2.26. The van der Waals surface area contributed by atoms with E-state index in [1.54, 1.807) is 4.90 Å². The molecule has 9 heteroatoms. The third-order valence-electron chi connectivity index (χ3n) is 3.83.